The smallest absolute Gasteiger partial charge is 0.261 e. The van der Waals surface area contributed by atoms with Crippen LogP contribution in [0.25, 0.3) is 10.6 Å². The van der Waals surface area contributed by atoms with E-state index in [1.807, 2.05) is 25.1 Å². The monoisotopic (exact) mass is 328 g/mol. The van der Waals surface area contributed by atoms with E-state index in [-0.39, 0.29) is 12.5 Å². The van der Waals surface area contributed by atoms with Crippen molar-refractivity contribution in [2.24, 2.45) is 0 Å². The molecule has 6 heteroatoms. The molecule has 0 aromatic carbocycles. The van der Waals surface area contributed by atoms with Gasteiger partial charge in [-0.15, -0.1) is 11.3 Å². The number of hydrogen-bond donors (Lipinski definition) is 2. The van der Waals surface area contributed by atoms with Gasteiger partial charge in [0.2, 0.25) is 0 Å². The highest BCUT2D eigenvalue weighted by Gasteiger charge is 2.14. The van der Waals surface area contributed by atoms with Crippen LogP contribution in [0, 0.1) is 6.92 Å². The van der Waals surface area contributed by atoms with Crippen LogP contribution in [0.3, 0.4) is 0 Å². The minimum atomic E-state index is -0.755. The van der Waals surface area contributed by atoms with E-state index in [2.05, 4.69) is 10.3 Å². The van der Waals surface area contributed by atoms with Crippen molar-refractivity contribution in [1.82, 2.24) is 10.3 Å². The number of aromatic nitrogens is 1. The zero-order valence-corrected chi connectivity index (χ0v) is 13.3. The molecule has 0 radical (unpaired) electrons. The van der Waals surface area contributed by atoms with Gasteiger partial charge >= 0.3 is 0 Å². The van der Waals surface area contributed by atoms with Crippen LogP contribution in [0.2, 0.25) is 0 Å². The second-order valence-corrected chi connectivity index (χ2v) is 6.16. The number of amides is 1. The molecule has 5 nitrogen and oxygen atoms in total. The fourth-order valence-corrected chi connectivity index (χ4v) is 3.02. The third kappa shape index (κ3) is 3.67. The van der Waals surface area contributed by atoms with E-state index in [0.29, 0.717) is 4.88 Å². The van der Waals surface area contributed by atoms with E-state index < -0.39 is 6.10 Å². The van der Waals surface area contributed by atoms with Gasteiger partial charge in [-0.05, 0) is 48.9 Å². The first-order valence-corrected chi connectivity index (χ1v) is 7.98. The van der Waals surface area contributed by atoms with Crippen molar-refractivity contribution in [3.8, 4) is 10.6 Å². The second kappa shape index (κ2) is 6.76. The SMILES string of the molecule is Cc1ccc(-c2ccc(C(=O)NCC(O)c3ccncc3)s2)o1. The Hall–Kier alpha value is -2.44. The summed E-state index contributed by atoms with van der Waals surface area (Å²) in [7, 11) is 0. The average molecular weight is 328 g/mol. The first-order valence-electron chi connectivity index (χ1n) is 7.16. The van der Waals surface area contributed by atoms with Crippen LogP contribution in [-0.4, -0.2) is 22.5 Å². The number of nitrogens with one attached hydrogen (secondary N) is 1. The molecule has 1 amide bonds. The van der Waals surface area contributed by atoms with Crippen LogP contribution < -0.4 is 5.32 Å². The molecule has 0 saturated carbocycles. The highest BCUT2D eigenvalue weighted by molar-refractivity contribution is 7.17. The number of rotatable bonds is 5. The molecule has 3 aromatic rings. The minimum absolute atomic E-state index is 0.149. The molecule has 1 unspecified atom stereocenters. The lowest BCUT2D eigenvalue weighted by molar-refractivity contribution is 0.0920. The Bertz CT molecular complexity index is 795. The number of aliphatic hydroxyl groups is 1. The average Bonchev–Trinajstić information content (AvgIpc) is 3.22. The van der Waals surface area contributed by atoms with Gasteiger partial charge in [0, 0.05) is 18.9 Å². The molecule has 23 heavy (non-hydrogen) atoms. The molecule has 0 aliphatic carbocycles. The Labute approximate surface area is 137 Å². The van der Waals surface area contributed by atoms with Crippen LogP contribution in [0.15, 0.2) is 53.2 Å². The summed E-state index contributed by atoms with van der Waals surface area (Å²) in [5.41, 5.74) is 0.721. The van der Waals surface area contributed by atoms with E-state index in [1.165, 1.54) is 11.3 Å². The Kier molecular flexibility index (Phi) is 4.55. The van der Waals surface area contributed by atoms with Gasteiger partial charge in [-0.25, -0.2) is 0 Å². The molecular weight excluding hydrogens is 312 g/mol. The highest BCUT2D eigenvalue weighted by atomic mass is 32.1. The van der Waals surface area contributed by atoms with Crippen LogP contribution in [0.4, 0.5) is 0 Å². The van der Waals surface area contributed by atoms with Gasteiger partial charge in [-0.1, -0.05) is 0 Å². The normalized spacial score (nSPS) is 12.1. The van der Waals surface area contributed by atoms with Gasteiger partial charge in [0.05, 0.1) is 15.9 Å². The number of aliphatic hydroxyl groups excluding tert-OH is 1. The quantitative estimate of drug-likeness (QED) is 0.754. The predicted octanol–water partition coefficient (Wildman–Crippen LogP) is 3.17. The Morgan fingerprint density at radius 2 is 2.04 bits per heavy atom. The van der Waals surface area contributed by atoms with E-state index >= 15 is 0 Å². The third-order valence-electron chi connectivity index (χ3n) is 3.36. The lowest BCUT2D eigenvalue weighted by atomic mass is 10.1. The van der Waals surface area contributed by atoms with Gasteiger partial charge in [-0.3, -0.25) is 9.78 Å². The van der Waals surface area contributed by atoms with Crippen LogP contribution in [0.1, 0.15) is 27.1 Å². The molecule has 3 aromatic heterocycles. The Balaban J connectivity index is 1.62. The third-order valence-corrected chi connectivity index (χ3v) is 4.46. The molecule has 3 rings (SSSR count). The van der Waals surface area contributed by atoms with E-state index in [4.69, 9.17) is 4.42 Å². The van der Waals surface area contributed by atoms with Crippen molar-refractivity contribution in [2.45, 2.75) is 13.0 Å². The van der Waals surface area contributed by atoms with E-state index in [9.17, 15) is 9.90 Å². The van der Waals surface area contributed by atoms with Crippen molar-refractivity contribution >= 4 is 17.2 Å². The zero-order chi connectivity index (χ0) is 16.2. The summed E-state index contributed by atoms with van der Waals surface area (Å²) >= 11 is 1.36. The van der Waals surface area contributed by atoms with Gasteiger partial charge in [0.1, 0.15) is 11.5 Å². The molecule has 0 spiro atoms. The number of carbonyl (C=O) groups is 1. The summed E-state index contributed by atoms with van der Waals surface area (Å²) in [6.45, 7) is 2.03. The summed E-state index contributed by atoms with van der Waals surface area (Å²) in [5, 5.41) is 12.8. The van der Waals surface area contributed by atoms with Crippen LogP contribution in [0.5, 0.6) is 0 Å². The number of furan rings is 1. The molecule has 0 fully saturated rings. The van der Waals surface area contributed by atoms with Crippen molar-refractivity contribution in [3.05, 3.63) is 65.0 Å². The number of nitrogens with zero attached hydrogens (tertiary/aromatic N) is 1. The Morgan fingerprint density at radius 3 is 2.74 bits per heavy atom. The van der Waals surface area contributed by atoms with Crippen LogP contribution in [-0.2, 0) is 0 Å². The number of carbonyl (C=O) groups excluding carboxylic acids is 1. The van der Waals surface area contributed by atoms with Crippen molar-refractivity contribution in [2.75, 3.05) is 6.54 Å². The van der Waals surface area contributed by atoms with Crippen molar-refractivity contribution in [3.63, 3.8) is 0 Å². The topological polar surface area (TPSA) is 75.4 Å². The van der Waals surface area contributed by atoms with Gasteiger partial charge < -0.3 is 14.8 Å². The molecule has 3 heterocycles. The summed E-state index contributed by atoms with van der Waals surface area (Å²) in [5.74, 6) is 1.38. The summed E-state index contributed by atoms with van der Waals surface area (Å²) < 4.78 is 5.55. The van der Waals surface area contributed by atoms with E-state index in [0.717, 1.165) is 22.0 Å². The summed E-state index contributed by atoms with van der Waals surface area (Å²) in [6, 6.07) is 10.8. The molecule has 0 aliphatic heterocycles. The zero-order valence-electron chi connectivity index (χ0n) is 12.5. The van der Waals surface area contributed by atoms with Gasteiger partial charge in [0.15, 0.2) is 0 Å². The molecule has 0 aliphatic rings. The standard InChI is InChI=1S/C17H16N2O3S/c1-11-2-3-14(22-11)15-4-5-16(23-15)17(21)19-10-13(20)12-6-8-18-9-7-12/h2-9,13,20H,10H2,1H3,(H,19,21). The molecule has 2 N–H and O–H groups in total. The molecule has 1 atom stereocenters. The lowest BCUT2D eigenvalue weighted by Crippen LogP contribution is -2.27. The minimum Gasteiger partial charge on any atom is -0.461 e. The largest absolute Gasteiger partial charge is 0.461 e. The Morgan fingerprint density at radius 1 is 1.26 bits per heavy atom. The van der Waals surface area contributed by atoms with E-state index in [1.54, 1.807) is 30.6 Å². The summed E-state index contributed by atoms with van der Waals surface area (Å²) in [6.07, 6.45) is 2.46. The van der Waals surface area contributed by atoms with Crippen molar-refractivity contribution < 1.29 is 14.3 Å². The molecule has 0 saturated heterocycles. The predicted molar refractivity (Wildman–Crippen MR) is 88.3 cm³/mol. The maximum Gasteiger partial charge on any atom is 0.261 e. The lowest BCUT2D eigenvalue weighted by Gasteiger charge is -2.11. The van der Waals surface area contributed by atoms with Crippen LogP contribution >= 0.6 is 11.3 Å². The van der Waals surface area contributed by atoms with Gasteiger partial charge in [-0.2, -0.15) is 0 Å². The second-order valence-electron chi connectivity index (χ2n) is 5.08. The highest BCUT2D eigenvalue weighted by Crippen LogP contribution is 2.29. The number of thiophene rings is 1. The fraction of sp³-hybridized carbons (Fsp3) is 0.176. The fourth-order valence-electron chi connectivity index (χ4n) is 2.14. The van der Waals surface area contributed by atoms with Crippen molar-refractivity contribution in [1.29, 1.82) is 0 Å². The maximum atomic E-state index is 12.2. The number of pyridine rings is 1. The molecule has 0 bridgehead atoms. The first kappa shape index (κ1) is 15.5. The maximum absolute atomic E-state index is 12.2. The number of aryl methyl sites for hydroxylation is 1. The molecule has 118 valence electrons. The first-order chi connectivity index (χ1) is 11.1. The molecular formula is C17H16N2O3S. The van der Waals surface area contributed by atoms with Gasteiger partial charge in [0.25, 0.3) is 5.91 Å². The summed E-state index contributed by atoms with van der Waals surface area (Å²) in [4.78, 5) is 17.6. The number of hydrogen-bond acceptors (Lipinski definition) is 5.